The zero-order valence-corrected chi connectivity index (χ0v) is 8.43. The van der Waals surface area contributed by atoms with E-state index in [4.69, 9.17) is 0 Å². The lowest BCUT2D eigenvalue weighted by Gasteiger charge is -1.94. The Hall–Kier alpha value is -0.830. The maximum Gasteiger partial charge on any atom is 0.175 e. The maximum atomic E-state index is 11.0. The van der Waals surface area contributed by atoms with Crippen molar-refractivity contribution in [3.8, 4) is 0 Å². The van der Waals surface area contributed by atoms with Gasteiger partial charge >= 0.3 is 0 Å². The quantitative estimate of drug-likeness (QED) is 0.632. The fourth-order valence-corrected chi connectivity index (χ4v) is 1.45. The highest BCUT2D eigenvalue weighted by molar-refractivity contribution is 7.94. The Morgan fingerprint density at radius 2 is 1.75 bits per heavy atom. The van der Waals surface area contributed by atoms with Gasteiger partial charge in [-0.1, -0.05) is 24.3 Å². The summed E-state index contributed by atoms with van der Waals surface area (Å²) in [5.74, 6) is 0. The third-order valence-corrected chi connectivity index (χ3v) is 2.50. The molecule has 0 radical (unpaired) electrons. The molecule has 0 aromatic carbocycles. The average Bonchev–Trinajstić information content (AvgIpc) is 1.95. The van der Waals surface area contributed by atoms with Crippen LogP contribution in [-0.4, -0.2) is 14.7 Å². The topological polar surface area (TPSA) is 34.1 Å². The lowest BCUT2D eigenvalue weighted by molar-refractivity contribution is 0.608. The van der Waals surface area contributed by atoms with Gasteiger partial charge in [-0.15, -0.1) is 0 Å². The molecule has 12 heavy (non-hydrogen) atoms. The summed E-state index contributed by atoms with van der Waals surface area (Å²) in [6, 6.07) is 0. The first-order valence-electron chi connectivity index (χ1n) is 3.68. The lowest BCUT2D eigenvalue weighted by atomic mass is 10.4. The number of rotatable bonds is 3. The van der Waals surface area contributed by atoms with Crippen LogP contribution >= 0.6 is 0 Å². The van der Waals surface area contributed by atoms with Crippen LogP contribution in [0.4, 0.5) is 0 Å². The first-order valence-corrected chi connectivity index (χ1v) is 5.57. The van der Waals surface area contributed by atoms with E-state index in [2.05, 4.69) is 0 Å². The molecule has 0 amide bonds. The van der Waals surface area contributed by atoms with E-state index in [0.717, 1.165) is 0 Å². The molecule has 0 aliphatic carbocycles. The smallest absolute Gasteiger partial charge is 0.175 e. The predicted molar refractivity (Wildman–Crippen MR) is 52.6 cm³/mol. The van der Waals surface area contributed by atoms with Crippen molar-refractivity contribution in [2.24, 2.45) is 0 Å². The molecule has 0 heterocycles. The van der Waals surface area contributed by atoms with Gasteiger partial charge in [-0.05, 0) is 19.9 Å². The molecule has 0 aromatic heterocycles. The Labute approximate surface area is 74.2 Å². The number of hydrogen-bond acceptors (Lipinski definition) is 2. The summed E-state index contributed by atoms with van der Waals surface area (Å²) in [6.45, 7) is 3.58. The molecular weight excluding hydrogens is 172 g/mol. The van der Waals surface area contributed by atoms with Gasteiger partial charge in [0.2, 0.25) is 0 Å². The minimum Gasteiger partial charge on any atom is -0.224 e. The van der Waals surface area contributed by atoms with Crippen molar-refractivity contribution in [1.82, 2.24) is 0 Å². The van der Waals surface area contributed by atoms with E-state index >= 15 is 0 Å². The third kappa shape index (κ3) is 4.13. The molecule has 2 nitrogen and oxygen atoms in total. The summed E-state index contributed by atoms with van der Waals surface area (Å²) in [7, 11) is -3.06. The van der Waals surface area contributed by atoms with E-state index in [1.807, 2.05) is 13.0 Å². The van der Waals surface area contributed by atoms with E-state index in [1.165, 1.54) is 6.26 Å². The molecule has 0 bridgehead atoms. The molecule has 0 spiro atoms. The van der Waals surface area contributed by atoms with Crippen LogP contribution in [-0.2, 0) is 9.84 Å². The van der Waals surface area contributed by atoms with Gasteiger partial charge in [0.1, 0.15) is 0 Å². The van der Waals surface area contributed by atoms with Crippen molar-refractivity contribution < 1.29 is 8.42 Å². The summed E-state index contributed by atoms with van der Waals surface area (Å²) < 4.78 is 22.0. The van der Waals surface area contributed by atoms with Crippen molar-refractivity contribution in [3.05, 3.63) is 35.3 Å². The maximum absolute atomic E-state index is 11.0. The summed E-state index contributed by atoms with van der Waals surface area (Å²) in [5.41, 5.74) is 0. The van der Waals surface area contributed by atoms with Crippen LogP contribution in [0.3, 0.4) is 0 Å². The Morgan fingerprint density at radius 1 is 1.17 bits per heavy atom. The van der Waals surface area contributed by atoms with Gasteiger partial charge < -0.3 is 0 Å². The fourth-order valence-electron chi connectivity index (χ4n) is 0.695. The van der Waals surface area contributed by atoms with Crippen LogP contribution < -0.4 is 0 Å². The highest BCUT2D eigenvalue weighted by atomic mass is 32.2. The Morgan fingerprint density at radius 3 is 2.08 bits per heavy atom. The molecule has 0 unspecified atom stereocenters. The lowest BCUT2D eigenvalue weighted by Crippen LogP contribution is -1.97. The first kappa shape index (κ1) is 11.2. The molecule has 0 aliphatic rings. The Kier molecular flexibility index (Phi) is 4.59. The van der Waals surface area contributed by atoms with E-state index in [-0.39, 0.29) is 0 Å². The molecule has 0 N–H and O–H groups in total. The van der Waals surface area contributed by atoms with Crippen LogP contribution in [0.1, 0.15) is 13.8 Å². The zero-order chi connectivity index (χ0) is 9.61. The first-order chi connectivity index (χ1) is 5.52. The van der Waals surface area contributed by atoms with Crippen LogP contribution in [0.2, 0.25) is 0 Å². The van der Waals surface area contributed by atoms with E-state index in [9.17, 15) is 8.42 Å². The van der Waals surface area contributed by atoms with Gasteiger partial charge in [0.15, 0.2) is 9.84 Å². The van der Waals surface area contributed by atoms with Crippen molar-refractivity contribution >= 4 is 9.84 Å². The second kappa shape index (κ2) is 4.93. The van der Waals surface area contributed by atoms with E-state index in [1.54, 1.807) is 31.2 Å². The molecule has 0 aliphatic heterocycles. The normalized spacial score (nSPS) is 14.8. The molecule has 0 saturated carbocycles. The van der Waals surface area contributed by atoms with Gasteiger partial charge in [0, 0.05) is 6.26 Å². The molecule has 3 heteroatoms. The third-order valence-electron chi connectivity index (χ3n) is 1.28. The summed E-state index contributed by atoms with van der Waals surface area (Å²) in [5, 5.41) is 0. The summed E-state index contributed by atoms with van der Waals surface area (Å²) in [4.78, 5) is 0.348. The SMILES string of the molecule is C/C=C/C=C\C(=C/C)S(C)(=O)=O. The molecular formula is C9H14O2S. The highest BCUT2D eigenvalue weighted by Crippen LogP contribution is 2.05. The standard InChI is InChI=1S/C9H14O2S/c1-4-6-7-8-9(5-2)12(3,10)11/h4-8H,1-3H3/b6-4+,8-7-,9-5+. The van der Waals surface area contributed by atoms with Crippen LogP contribution in [0.5, 0.6) is 0 Å². The molecule has 0 atom stereocenters. The van der Waals surface area contributed by atoms with Crippen LogP contribution in [0.15, 0.2) is 35.3 Å². The van der Waals surface area contributed by atoms with Crippen LogP contribution in [0, 0.1) is 0 Å². The Bertz CT molecular complexity index is 305. The molecule has 68 valence electrons. The van der Waals surface area contributed by atoms with Crippen molar-refractivity contribution in [1.29, 1.82) is 0 Å². The minimum absolute atomic E-state index is 0.348. The van der Waals surface area contributed by atoms with Crippen molar-refractivity contribution in [3.63, 3.8) is 0 Å². The highest BCUT2D eigenvalue weighted by Gasteiger charge is 2.04. The van der Waals surface area contributed by atoms with Crippen molar-refractivity contribution in [2.75, 3.05) is 6.26 Å². The Balaban J connectivity index is 4.65. The largest absolute Gasteiger partial charge is 0.224 e. The van der Waals surface area contributed by atoms with Gasteiger partial charge in [0.25, 0.3) is 0 Å². The number of sulfone groups is 1. The van der Waals surface area contributed by atoms with E-state index in [0.29, 0.717) is 4.91 Å². The van der Waals surface area contributed by atoms with Gasteiger partial charge in [0.05, 0.1) is 4.91 Å². The average molecular weight is 186 g/mol. The molecule has 0 aromatic rings. The second-order valence-electron chi connectivity index (χ2n) is 2.35. The fraction of sp³-hybridized carbons (Fsp3) is 0.333. The minimum atomic E-state index is -3.06. The molecule has 0 rings (SSSR count). The monoisotopic (exact) mass is 186 g/mol. The van der Waals surface area contributed by atoms with Crippen LogP contribution in [0.25, 0.3) is 0 Å². The zero-order valence-electron chi connectivity index (χ0n) is 7.61. The summed E-state index contributed by atoms with van der Waals surface area (Å²) in [6.07, 6.45) is 9.68. The van der Waals surface area contributed by atoms with Gasteiger partial charge in [-0.2, -0.15) is 0 Å². The van der Waals surface area contributed by atoms with Gasteiger partial charge in [-0.3, -0.25) is 0 Å². The number of allylic oxidation sites excluding steroid dienone is 5. The summed E-state index contributed by atoms with van der Waals surface area (Å²) >= 11 is 0. The van der Waals surface area contributed by atoms with Crippen molar-refractivity contribution in [2.45, 2.75) is 13.8 Å². The second-order valence-corrected chi connectivity index (χ2v) is 4.36. The predicted octanol–water partition coefficient (Wildman–Crippen LogP) is 2.07. The molecule has 0 saturated heterocycles. The van der Waals surface area contributed by atoms with E-state index < -0.39 is 9.84 Å². The van der Waals surface area contributed by atoms with Gasteiger partial charge in [-0.25, -0.2) is 8.42 Å². The molecule has 0 fully saturated rings. The number of hydrogen-bond donors (Lipinski definition) is 0.